The first kappa shape index (κ1) is 24.8. The monoisotopic (exact) mass is 514 g/mol. The van der Waals surface area contributed by atoms with E-state index in [2.05, 4.69) is 20.8 Å². The summed E-state index contributed by atoms with van der Waals surface area (Å²) >= 11 is 1.33. The summed E-state index contributed by atoms with van der Waals surface area (Å²) in [5.41, 5.74) is 4.71. The van der Waals surface area contributed by atoms with Crippen LogP contribution >= 0.6 is 11.3 Å². The molecule has 1 fully saturated rings. The first-order chi connectivity index (χ1) is 17.5. The minimum Gasteiger partial charge on any atom is -0.507 e. The highest BCUT2D eigenvalue weighted by Gasteiger charge is 2.48. The van der Waals surface area contributed by atoms with Crippen molar-refractivity contribution in [1.82, 2.24) is 4.98 Å². The molecule has 1 aromatic heterocycles. The van der Waals surface area contributed by atoms with Gasteiger partial charge in [-0.15, -0.1) is 0 Å². The SMILES string of the molecule is Cc1cc(C)c2nc(N3C(=O)C(=O)C(=C(O)c4ccc(F)cc4)[C@@H]3c3ccc(C(C)(C)C)cc3)sc2c1. The molecule has 7 heteroatoms. The third-order valence-corrected chi connectivity index (χ3v) is 7.68. The standard InChI is InChI=1S/C30H27FN2O3S/c1-16-14-17(2)24-22(15-16)37-29(32-24)33-25(18-6-10-20(11-7-18)30(3,4)5)23(27(35)28(33)36)26(34)19-8-12-21(31)13-9-19/h6-15,25,34H,1-5H3/t25-/m0/s1. The van der Waals surface area contributed by atoms with Crippen LogP contribution in [0.3, 0.4) is 0 Å². The van der Waals surface area contributed by atoms with Crippen LogP contribution in [0.2, 0.25) is 0 Å². The molecule has 0 radical (unpaired) electrons. The van der Waals surface area contributed by atoms with Crippen LogP contribution in [0, 0.1) is 19.7 Å². The Morgan fingerprint density at radius 3 is 2.27 bits per heavy atom. The van der Waals surface area contributed by atoms with E-state index in [0.29, 0.717) is 10.7 Å². The van der Waals surface area contributed by atoms with Gasteiger partial charge in [0.05, 0.1) is 21.8 Å². The fourth-order valence-corrected chi connectivity index (χ4v) is 5.90. The molecule has 3 aromatic carbocycles. The molecule has 5 rings (SSSR count). The van der Waals surface area contributed by atoms with Crippen LogP contribution in [0.5, 0.6) is 0 Å². The molecule has 37 heavy (non-hydrogen) atoms. The number of Topliss-reactive ketones (excluding diaryl/α,β-unsaturated/α-hetero) is 1. The molecule has 0 saturated carbocycles. The van der Waals surface area contributed by atoms with Gasteiger partial charge >= 0.3 is 5.91 Å². The molecule has 1 N–H and O–H groups in total. The van der Waals surface area contributed by atoms with E-state index in [0.717, 1.165) is 26.9 Å². The fraction of sp³-hybridized carbons (Fsp3) is 0.233. The Bertz CT molecular complexity index is 1580. The van der Waals surface area contributed by atoms with Crippen LogP contribution in [0.15, 0.2) is 66.2 Å². The molecule has 188 valence electrons. The molecule has 4 aromatic rings. The molecule has 2 heterocycles. The lowest BCUT2D eigenvalue weighted by Crippen LogP contribution is -2.29. The Morgan fingerprint density at radius 2 is 1.65 bits per heavy atom. The molecule has 0 unspecified atom stereocenters. The number of aryl methyl sites for hydroxylation is 2. The maximum absolute atomic E-state index is 13.6. The Morgan fingerprint density at radius 1 is 1.00 bits per heavy atom. The second-order valence-electron chi connectivity index (χ2n) is 10.5. The summed E-state index contributed by atoms with van der Waals surface area (Å²) in [6.45, 7) is 10.3. The number of amides is 1. The van der Waals surface area contributed by atoms with Gasteiger partial charge in [0.15, 0.2) is 5.13 Å². The lowest BCUT2D eigenvalue weighted by Gasteiger charge is -2.24. The number of ketones is 1. The number of anilines is 1. The van der Waals surface area contributed by atoms with Gasteiger partial charge in [-0.25, -0.2) is 9.37 Å². The van der Waals surface area contributed by atoms with E-state index in [-0.39, 0.29) is 22.3 Å². The third-order valence-electron chi connectivity index (χ3n) is 6.68. The van der Waals surface area contributed by atoms with Crippen molar-refractivity contribution in [3.63, 3.8) is 0 Å². The smallest absolute Gasteiger partial charge is 0.301 e. The van der Waals surface area contributed by atoms with E-state index in [9.17, 15) is 19.1 Å². The van der Waals surface area contributed by atoms with Gasteiger partial charge in [-0.1, -0.05) is 62.4 Å². The Kier molecular flexibility index (Phi) is 5.99. The second kappa shape index (κ2) is 8.92. The first-order valence-electron chi connectivity index (χ1n) is 12.0. The molecule has 0 spiro atoms. The Hall–Kier alpha value is -3.84. The molecule has 0 bridgehead atoms. The van der Waals surface area contributed by atoms with Crippen LogP contribution in [-0.4, -0.2) is 21.8 Å². The number of benzene rings is 3. The number of nitrogens with zero attached hydrogens (tertiary/aromatic N) is 2. The normalized spacial score (nSPS) is 17.7. The topological polar surface area (TPSA) is 70.5 Å². The van der Waals surface area contributed by atoms with Gasteiger partial charge in [-0.2, -0.15) is 0 Å². The molecule has 0 aliphatic carbocycles. The van der Waals surface area contributed by atoms with Gasteiger partial charge in [0.2, 0.25) is 0 Å². The van der Waals surface area contributed by atoms with Crippen molar-refractivity contribution >= 4 is 44.1 Å². The van der Waals surface area contributed by atoms with E-state index in [4.69, 9.17) is 4.98 Å². The average Bonchev–Trinajstić information content (AvgIpc) is 3.37. The molecular weight excluding hydrogens is 487 g/mol. The van der Waals surface area contributed by atoms with Crippen molar-refractivity contribution in [3.05, 3.63) is 99.9 Å². The number of carbonyl (C=O) groups excluding carboxylic acids is 2. The number of hydrogen-bond donors (Lipinski definition) is 1. The summed E-state index contributed by atoms with van der Waals surface area (Å²) in [6, 6.07) is 16.0. The number of carbonyl (C=O) groups is 2. The first-order valence-corrected chi connectivity index (χ1v) is 12.8. The largest absolute Gasteiger partial charge is 0.507 e. The Balaban J connectivity index is 1.73. The molecule has 1 saturated heterocycles. The second-order valence-corrected chi connectivity index (χ2v) is 11.5. The maximum atomic E-state index is 13.6. The van der Waals surface area contributed by atoms with Crippen molar-refractivity contribution < 1.29 is 19.1 Å². The number of aliphatic hydroxyl groups is 1. The van der Waals surface area contributed by atoms with E-state index in [1.54, 1.807) is 0 Å². The van der Waals surface area contributed by atoms with Crippen molar-refractivity contribution in [2.75, 3.05) is 4.90 Å². The van der Waals surface area contributed by atoms with Crippen LogP contribution in [0.1, 0.15) is 54.6 Å². The van der Waals surface area contributed by atoms with Crippen LogP contribution in [0.4, 0.5) is 9.52 Å². The quantitative estimate of drug-likeness (QED) is 0.182. The van der Waals surface area contributed by atoms with Crippen LogP contribution in [0.25, 0.3) is 16.0 Å². The highest BCUT2D eigenvalue weighted by Crippen LogP contribution is 2.45. The number of fused-ring (bicyclic) bond motifs is 1. The number of thiazole rings is 1. The molecule has 1 amide bonds. The minimum absolute atomic E-state index is 0.0488. The summed E-state index contributed by atoms with van der Waals surface area (Å²) in [4.78, 5) is 33.0. The Labute approximate surface area is 218 Å². The summed E-state index contributed by atoms with van der Waals surface area (Å²) in [5.74, 6) is -2.38. The number of aliphatic hydroxyl groups excluding tert-OH is 1. The lowest BCUT2D eigenvalue weighted by atomic mass is 9.85. The van der Waals surface area contributed by atoms with Crippen molar-refractivity contribution in [2.24, 2.45) is 0 Å². The van der Waals surface area contributed by atoms with Gasteiger partial charge in [-0.05, 0) is 71.8 Å². The van der Waals surface area contributed by atoms with Gasteiger partial charge in [0.25, 0.3) is 5.78 Å². The van der Waals surface area contributed by atoms with Gasteiger partial charge in [0.1, 0.15) is 11.6 Å². The van der Waals surface area contributed by atoms with E-state index >= 15 is 0 Å². The van der Waals surface area contributed by atoms with Crippen molar-refractivity contribution in [3.8, 4) is 0 Å². The zero-order valence-electron chi connectivity index (χ0n) is 21.3. The molecule has 1 atom stereocenters. The zero-order chi connectivity index (χ0) is 26.6. The van der Waals surface area contributed by atoms with Crippen molar-refractivity contribution in [2.45, 2.75) is 46.1 Å². The highest BCUT2D eigenvalue weighted by atomic mass is 32.1. The third kappa shape index (κ3) is 4.33. The summed E-state index contributed by atoms with van der Waals surface area (Å²) in [7, 11) is 0. The van der Waals surface area contributed by atoms with Gasteiger partial charge < -0.3 is 5.11 Å². The zero-order valence-corrected chi connectivity index (χ0v) is 22.1. The summed E-state index contributed by atoms with van der Waals surface area (Å²) < 4.78 is 14.5. The summed E-state index contributed by atoms with van der Waals surface area (Å²) in [6.07, 6.45) is 0. The highest BCUT2D eigenvalue weighted by molar-refractivity contribution is 7.22. The molecular formula is C30H27FN2O3S. The number of hydrogen-bond acceptors (Lipinski definition) is 5. The number of halogens is 1. The van der Waals surface area contributed by atoms with Crippen LogP contribution in [-0.2, 0) is 15.0 Å². The van der Waals surface area contributed by atoms with Crippen LogP contribution < -0.4 is 4.90 Å². The van der Waals surface area contributed by atoms with E-state index < -0.39 is 23.5 Å². The maximum Gasteiger partial charge on any atom is 0.301 e. The molecule has 1 aliphatic rings. The number of aromatic nitrogens is 1. The molecule has 5 nitrogen and oxygen atoms in total. The summed E-state index contributed by atoms with van der Waals surface area (Å²) in [5, 5.41) is 11.6. The lowest BCUT2D eigenvalue weighted by molar-refractivity contribution is -0.132. The van der Waals surface area contributed by atoms with E-state index in [1.807, 2.05) is 50.2 Å². The average molecular weight is 515 g/mol. The molecule has 1 aliphatic heterocycles. The predicted octanol–water partition coefficient (Wildman–Crippen LogP) is 6.98. The predicted molar refractivity (Wildman–Crippen MR) is 145 cm³/mol. The minimum atomic E-state index is -0.888. The fourth-order valence-electron chi connectivity index (χ4n) is 4.74. The van der Waals surface area contributed by atoms with Crippen molar-refractivity contribution in [1.29, 1.82) is 0 Å². The van der Waals surface area contributed by atoms with E-state index in [1.165, 1.54) is 40.5 Å². The van der Waals surface area contributed by atoms with Gasteiger partial charge in [0, 0.05) is 5.56 Å². The van der Waals surface area contributed by atoms with Gasteiger partial charge in [-0.3, -0.25) is 14.5 Å². The number of rotatable bonds is 3.